The van der Waals surface area contributed by atoms with E-state index in [0.717, 1.165) is 16.7 Å². The van der Waals surface area contributed by atoms with E-state index in [0.29, 0.717) is 11.6 Å². The fraction of sp³-hybridized carbons (Fsp3) is 0.200. The average molecular weight is 291 g/mol. The number of hydrogen-bond donors (Lipinski definition) is 2. The van der Waals surface area contributed by atoms with Crippen molar-refractivity contribution < 1.29 is 9.90 Å². The van der Waals surface area contributed by atoms with Crippen LogP contribution in [-0.2, 0) is 11.2 Å². The predicted molar refractivity (Wildman–Crippen MR) is 78.9 cm³/mol. The molecule has 0 spiro atoms. The van der Waals surface area contributed by atoms with E-state index in [1.165, 1.54) is 0 Å². The van der Waals surface area contributed by atoms with Gasteiger partial charge in [0.2, 0.25) is 0 Å². The van der Waals surface area contributed by atoms with E-state index in [2.05, 4.69) is 10.3 Å². The second kappa shape index (κ2) is 6.50. The fourth-order valence-corrected chi connectivity index (χ4v) is 2.14. The first-order valence-corrected chi connectivity index (χ1v) is 6.59. The molecule has 0 unspecified atom stereocenters. The lowest BCUT2D eigenvalue weighted by molar-refractivity contribution is -0.139. The van der Waals surface area contributed by atoms with Crippen molar-refractivity contribution in [2.45, 2.75) is 12.5 Å². The maximum Gasteiger partial charge on any atom is 0.321 e. The van der Waals surface area contributed by atoms with Crippen LogP contribution in [0.3, 0.4) is 0 Å². The number of rotatable bonds is 5. The zero-order chi connectivity index (χ0) is 14.5. The first kappa shape index (κ1) is 14.5. The normalized spacial score (nSPS) is 12.1. The molecule has 0 amide bonds. The van der Waals surface area contributed by atoms with Gasteiger partial charge in [-0.1, -0.05) is 35.9 Å². The van der Waals surface area contributed by atoms with Crippen LogP contribution in [0.4, 0.5) is 0 Å². The third-order valence-corrected chi connectivity index (χ3v) is 3.31. The molecule has 0 fully saturated rings. The van der Waals surface area contributed by atoms with Crippen molar-refractivity contribution >= 4 is 17.6 Å². The smallest absolute Gasteiger partial charge is 0.321 e. The van der Waals surface area contributed by atoms with Gasteiger partial charge in [0.1, 0.15) is 11.2 Å². The van der Waals surface area contributed by atoms with E-state index in [9.17, 15) is 4.79 Å². The summed E-state index contributed by atoms with van der Waals surface area (Å²) >= 11 is 5.86. The average Bonchev–Trinajstić information content (AvgIpc) is 2.45. The number of aromatic nitrogens is 1. The molecule has 0 bridgehead atoms. The topological polar surface area (TPSA) is 62.2 Å². The molecule has 2 rings (SSSR count). The molecule has 5 heteroatoms. The molecule has 0 aliphatic carbocycles. The summed E-state index contributed by atoms with van der Waals surface area (Å²) in [5.41, 5.74) is 2.98. The lowest BCUT2D eigenvalue weighted by atomic mass is 10.0. The van der Waals surface area contributed by atoms with Gasteiger partial charge in [0.15, 0.2) is 0 Å². The monoisotopic (exact) mass is 290 g/mol. The van der Waals surface area contributed by atoms with E-state index in [4.69, 9.17) is 16.7 Å². The van der Waals surface area contributed by atoms with Gasteiger partial charge < -0.3 is 10.4 Å². The molecule has 1 atom stereocenters. The third kappa shape index (κ3) is 3.56. The number of hydrogen-bond acceptors (Lipinski definition) is 3. The summed E-state index contributed by atoms with van der Waals surface area (Å²) in [6.45, 7) is 0. The molecule has 1 aromatic carbocycles. The molecule has 104 valence electrons. The number of likely N-dealkylation sites (N-methyl/N-ethyl adjacent to an activating group) is 1. The third-order valence-electron chi connectivity index (χ3n) is 3.10. The van der Waals surface area contributed by atoms with Gasteiger partial charge in [0, 0.05) is 6.20 Å². The maximum atomic E-state index is 11.0. The number of carboxylic acids is 1. The highest BCUT2D eigenvalue weighted by atomic mass is 35.5. The molecular weight excluding hydrogens is 276 g/mol. The Balaban J connectivity index is 2.16. The SMILES string of the molecule is CN[C@@H](Cc1ccc(-c2ccnc(Cl)c2)cc1)C(=O)O. The molecule has 4 nitrogen and oxygen atoms in total. The van der Waals surface area contributed by atoms with Gasteiger partial charge >= 0.3 is 5.97 Å². The van der Waals surface area contributed by atoms with Gasteiger partial charge in [0.25, 0.3) is 0 Å². The highest BCUT2D eigenvalue weighted by Crippen LogP contribution is 2.22. The van der Waals surface area contributed by atoms with Crippen LogP contribution in [0.1, 0.15) is 5.56 Å². The summed E-state index contributed by atoms with van der Waals surface area (Å²) in [7, 11) is 1.64. The first-order chi connectivity index (χ1) is 9.60. The molecule has 0 aliphatic rings. The number of pyridine rings is 1. The largest absolute Gasteiger partial charge is 0.480 e. The summed E-state index contributed by atoms with van der Waals surface area (Å²) in [6.07, 6.45) is 2.11. The summed E-state index contributed by atoms with van der Waals surface area (Å²) in [4.78, 5) is 14.9. The van der Waals surface area contributed by atoms with Gasteiger partial charge in [-0.25, -0.2) is 4.98 Å². The summed E-state index contributed by atoms with van der Waals surface area (Å²) in [5.74, 6) is -0.850. The van der Waals surface area contributed by atoms with Gasteiger partial charge in [-0.05, 0) is 42.3 Å². The van der Waals surface area contributed by atoms with Crippen LogP contribution in [0.5, 0.6) is 0 Å². The van der Waals surface area contributed by atoms with Crippen molar-refractivity contribution in [3.8, 4) is 11.1 Å². The standard InChI is InChI=1S/C15H15ClN2O2/c1-17-13(15(19)20)8-10-2-4-11(5-3-10)12-6-7-18-14(16)9-12/h2-7,9,13,17H,8H2,1H3,(H,19,20)/t13-/m0/s1. The Labute approximate surface area is 122 Å². The number of nitrogens with zero attached hydrogens (tertiary/aromatic N) is 1. The quantitative estimate of drug-likeness (QED) is 0.831. The van der Waals surface area contributed by atoms with Crippen LogP contribution >= 0.6 is 11.6 Å². The van der Waals surface area contributed by atoms with Crippen LogP contribution in [0.25, 0.3) is 11.1 Å². The molecule has 0 radical (unpaired) electrons. The molecule has 0 saturated carbocycles. The van der Waals surface area contributed by atoms with Gasteiger partial charge in [0.05, 0.1) is 0 Å². The molecule has 2 N–H and O–H groups in total. The number of halogens is 1. The van der Waals surface area contributed by atoms with Crippen molar-refractivity contribution in [2.24, 2.45) is 0 Å². The predicted octanol–water partition coefficient (Wildman–Crippen LogP) is 2.62. The second-order valence-corrected chi connectivity index (χ2v) is 4.84. The Morgan fingerprint density at radius 3 is 2.55 bits per heavy atom. The van der Waals surface area contributed by atoms with Crippen LogP contribution < -0.4 is 5.32 Å². The highest BCUT2D eigenvalue weighted by Gasteiger charge is 2.15. The minimum atomic E-state index is -0.850. The van der Waals surface area contributed by atoms with E-state index >= 15 is 0 Å². The molecule has 1 heterocycles. The fourth-order valence-electron chi connectivity index (χ4n) is 1.96. The van der Waals surface area contributed by atoms with Crippen LogP contribution in [0, 0.1) is 0 Å². The van der Waals surface area contributed by atoms with E-state index in [-0.39, 0.29) is 0 Å². The minimum absolute atomic E-state index is 0.448. The van der Waals surface area contributed by atoms with Crippen LogP contribution in [0.2, 0.25) is 5.15 Å². The highest BCUT2D eigenvalue weighted by molar-refractivity contribution is 6.29. The zero-order valence-corrected chi connectivity index (χ0v) is 11.8. The summed E-state index contributed by atoms with van der Waals surface area (Å²) in [6, 6.07) is 10.9. The van der Waals surface area contributed by atoms with Gasteiger partial charge in [-0.3, -0.25) is 4.79 Å². The van der Waals surface area contributed by atoms with Crippen LogP contribution in [-0.4, -0.2) is 29.1 Å². The first-order valence-electron chi connectivity index (χ1n) is 6.21. The van der Waals surface area contributed by atoms with Crippen LogP contribution in [0.15, 0.2) is 42.6 Å². The van der Waals surface area contributed by atoms with Gasteiger partial charge in [-0.2, -0.15) is 0 Å². The zero-order valence-electron chi connectivity index (χ0n) is 11.0. The number of carbonyl (C=O) groups is 1. The lowest BCUT2D eigenvalue weighted by Gasteiger charge is -2.11. The minimum Gasteiger partial charge on any atom is -0.480 e. The Morgan fingerprint density at radius 2 is 2.00 bits per heavy atom. The summed E-state index contributed by atoms with van der Waals surface area (Å²) in [5, 5.41) is 12.2. The number of benzene rings is 1. The summed E-state index contributed by atoms with van der Waals surface area (Å²) < 4.78 is 0. The molecule has 0 aliphatic heterocycles. The Bertz CT molecular complexity index is 599. The Kier molecular flexibility index (Phi) is 4.71. The lowest BCUT2D eigenvalue weighted by Crippen LogP contribution is -2.35. The second-order valence-electron chi connectivity index (χ2n) is 4.45. The van der Waals surface area contributed by atoms with Crippen molar-refractivity contribution in [2.75, 3.05) is 7.05 Å². The molecule has 20 heavy (non-hydrogen) atoms. The van der Waals surface area contributed by atoms with Crippen molar-refractivity contribution in [1.29, 1.82) is 0 Å². The maximum absolute atomic E-state index is 11.0. The van der Waals surface area contributed by atoms with Gasteiger partial charge in [-0.15, -0.1) is 0 Å². The number of aliphatic carboxylic acids is 1. The molecule has 1 aromatic heterocycles. The van der Waals surface area contributed by atoms with E-state index < -0.39 is 12.0 Å². The van der Waals surface area contributed by atoms with Crippen molar-refractivity contribution in [1.82, 2.24) is 10.3 Å². The molecule has 2 aromatic rings. The van der Waals surface area contributed by atoms with Crippen molar-refractivity contribution in [3.05, 3.63) is 53.3 Å². The number of nitrogens with one attached hydrogen (secondary N) is 1. The van der Waals surface area contributed by atoms with Crippen molar-refractivity contribution in [3.63, 3.8) is 0 Å². The molecular formula is C15H15ClN2O2. The molecule has 0 saturated heterocycles. The Morgan fingerprint density at radius 1 is 1.30 bits per heavy atom. The van der Waals surface area contributed by atoms with E-state index in [1.807, 2.05) is 30.3 Å². The van der Waals surface area contributed by atoms with E-state index in [1.54, 1.807) is 19.3 Å². The Hall–Kier alpha value is -1.91. The number of carboxylic acid groups (broad SMARTS) is 1.